The van der Waals surface area contributed by atoms with E-state index in [1.165, 1.54) is 23.5 Å². The Balaban J connectivity index is 2.79. The Hall–Kier alpha value is -1.31. The molecule has 0 saturated carbocycles. The van der Waals surface area contributed by atoms with Gasteiger partial charge in [-0.15, -0.1) is 0 Å². The SMILES string of the molecule is CC(C)N(C)S(=O)(=O)NCc1cc(N)ccc1O. The summed E-state index contributed by atoms with van der Waals surface area (Å²) in [6.07, 6.45) is 0. The fourth-order valence-electron chi connectivity index (χ4n) is 1.30. The molecule has 0 aromatic heterocycles. The molecule has 0 spiro atoms. The lowest BCUT2D eigenvalue weighted by molar-refractivity contribution is 0.401. The number of phenols is 1. The molecule has 0 aliphatic rings. The normalized spacial score (nSPS) is 12.3. The molecule has 0 aliphatic carbocycles. The van der Waals surface area contributed by atoms with Gasteiger partial charge in [-0.05, 0) is 32.0 Å². The number of nitrogens with one attached hydrogen (secondary N) is 1. The Morgan fingerprint density at radius 3 is 2.61 bits per heavy atom. The molecule has 18 heavy (non-hydrogen) atoms. The Labute approximate surface area is 108 Å². The topological polar surface area (TPSA) is 95.7 Å². The average molecular weight is 273 g/mol. The van der Waals surface area contributed by atoms with Crippen molar-refractivity contribution in [3.8, 4) is 5.75 Å². The molecule has 0 fully saturated rings. The van der Waals surface area contributed by atoms with E-state index in [4.69, 9.17) is 5.73 Å². The van der Waals surface area contributed by atoms with E-state index in [0.29, 0.717) is 11.3 Å². The highest BCUT2D eigenvalue weighted by Gasteiger charge is 2.20. The van der Waals surface area contributed by atoms with Gasteiger partial charge in [0.05, 0.1) is 0 Å². The Morgan fingerprint density at radius 1 is 1.44 bits per heavy atom. The third-order valence-electron chi connectivity index (χ3n) is 2.65. The van der Waals surface area contributed by atoms with Crippen molar-refractivity contribution in [3.05, 3.63) is 23.8 Å². The van der Waals surface area contributed by atoms with E-state index in [2.05, 4.69) is 4.72 Å². The Bertz CT molecular complexity index is 514. The highest BCUT2D eigenvalue weighted by atomic mass is 32.2. The van der Waals surface area contributed by atoms with Crippen LogP contribution in [0.2, 0.25) is 0 Å². The molecule has 1 aromatic rings. The molecule has 0 bridgehead atoms. The van der Waals surface area contributed by atoms with Crippen LogP contribution in [-0.4, -0.2) is 30.9 Å². The maximum Gasteiger partial charge on any atom is 0.279 e. The van der Waals surface area contributed by atoms with Gasteiger partial charge in [0.1, 0.15) is 5.75 Å². The van der Waals surface area contributed by atoms with Crippen LogP contribution in [0.3, 0.4) is 0 Å². The first-order valence-electron chi connectivity index (χ1n) is 5.54. The van der Waals surface area contributed by atoms with Gasteiger partial charge < -0.3 is 10.8 Å². The minimum absolute atomic E-state index is 0.00370. The minimum atomic E-state index is -3.56. The lowest BCUT2D eigenvalue weighted by Gasteiger charge is -2.21. The lowest BCUT2D eigenvalue weighted by atomic mass is 10.2. The van der Waals surface area contributed by atoms with Crippen molar-refractivity contribution in [2.45, 2.75) is 26.4 Å². The number of nitrogen functional groups attached to an aromatic ring is 1. The summed E-state index contributed by atoms with van der Waals surface area (Å²) in [5.41, 5.74) is 6.49. The number of nitrogens with zero attached hydrogens (tertiary/aromatic N) is 1. The predicted octanol–water partition coefficient (Wildman–Crippen LogP) is 0.649. The quantitative estimate of drug-likeness (QED) is 0.542. The van der Waals surface area contributed by atoms with Crippen molar-refractivity contribution in [1.82, 2.24) is 9.03 Å². The maximum atomic E-state index is 11.8. The van der Waals surface area contributed by atoms with Crippen LogP contribution in [0.25, 0.3) is 0 Å². The van der Waals surface area contributed by atoms with Gasteiger partial charge in [0.2, 0.25) is 0 Å². The number of hydrogen-bond donors (Lipinski definition) is 3. The van der Waals surface area contributed by atoms with E-state index in [-0.39, 0.29) is 18.3 Å². The Morgan fingerprint density at radius 2 is 2.06 bits per heavy atom. The zero-order valence-electron chi connectivity index (χ0n) is 10.7. The number of benzene rings is 1. The first-order valence-corrected chi connectivity index (χ1v) is 6.98. The molecule has 0 amide bonds. The number of phenolic OH excluding ortho intramolecular Hbond substituents is 1. The lowest BCUT2D eigenvalue weighted by Crippen LogP contribution is -2.41. The smallest absolute Gasteiger partial charge is 0.279 e. The number of anilines is 1. The number of nitrogens with two attached hydrogens (primary N) is 1. The van der Waals surface area contributed by atoms with Gasteiger partial charge in [0, 0.05) is 30.9 Å². The van der Waals surface area contributed by atoms with Gasteiger partial charge >= 0.3 is 0 Å². The van der Waals surface area contributed by atoms with E-state index in [1.807, 2.05) is 0 Å². The molecule has 0 unspecified atom stereocenters. The molecule has 102 valence electrons. The zero-order valence-corrected chi connectivity index (χ0v) is 11.5. The number of rotatable bonds is 5. The van der Waals surface area contributed by atoms with E-state index >= 15 is 0 Å². The summed E-state index contributed by atoms with van der Waals surface area (Å²) in [7, 11) is -2.06. The molecular formula is C11H19N3O3S. The van der Waals surface area contributed by atoms with Crippen LogP contribution in [0.1, 0.15) is 19.4 Å². The zero-order chi connectivity index (χ0) is 13.9. The molecule has 0 aliphatic heterocycles. The second kappa shape index (κ2) is 5.55. The largest absolute Gasteiger partial charge is 0.508 e. The van der Waals surface area contributed by atoms with Crippen LogP contribution < -0.4 is 10.5 Å². The van der Waals surface area contributed by atoms with Crippen molar-refractivity contribution in [2.24, 2.45) is 0 Å². The van der Waals surface area contributed by atoms with Gasteiger partial charge in [-0.25, -0.2) is 0 Å². The van der Waals surface area contributed by atoms with Crippen LogP contribution in [-0.2, 0) is 16.8 Å². The molecule has 0 heterocycles. The summed E-state index contributed by atoms with van der Waals surface area (Å²) in [5, 5.41) is 9.58. The number of hydrogen-bond acceptors (Lipinski definition) is 4. The summed E-state index contributed by atoms with van der Waals surface area (Å²) in [5.74, 6) is 0.0131. The summed E-state index contributed by atoms with van der Waals surface area (Å²) in [6.45, 7) is 3.55. The van der Waals surface area contributed by atoms with E-state index in [0.717, 1.165) is 0 Å². The van der Waals surface area contributed by atoms with Crippen LogP contribution in [0.5, 0.6) is 5.75 Å². The van der Waals surface area contributed by atoms with Gasteiger partial charge in [0.25, 0.3) is 10.2 Å². The van der Waals surface area contributed by atoms with Gasteiger partial charge in [-0.2, -0.15) is 17.4 Å². The average Bonchev–Trinajstić information content (AvgIpc) is 2.29. The highest BCUT2D eigenvalue weighted by Crippen LogP contribution is 2.19. The second-order valence-corrected chi connectivity index (χ2v) is 6.14. The highest BCUT2D eigenvalue weighted by molar-refractivity contribution is 7.87. The van der Waals surface area contributed by atoms with E-state index < -0.39 is 10.2 Å². The third kappa shape index (κ3) is 3.59. The fourth-order valence-corrected chi connectivity index (χ4v) is 2.39. The Kier molecular flexibility index (Phi) is 4.55. The van der Waals surface area contributed by atoms with Gasteiger partial charge in [-0.1, -0.05) is 0 Å². The minimum Gasteiger partial charge on any atom is -0.508 e. The number of aromatic hydroxyl groups is 1. The first-order chi connectivity index (χ1) is 8.24. The van der Waals surface area contributed by atoms with E-state index in [9.17, 15) is 13.5 Å². The molecule has 0 saturated heterocycles. The summed E-state index contributed by atoms with van der Waals surface area (Å²) in [6, 6.07) is 4.38. The van der Waals surface area contributed by atoms with Gasteiger partial charge in [-0.3, -0.25) is 0 Å². The molecule has 1 rings (SSSR count). The van der Waals surface area contributed by atoms with Crippen LogP contribution in [0.15, 0.2) is 18.2 Å². The standard InChI is InChI=1S/C11H19N3O3S/c1-8(2)14(3)18(16,17)13-7-9-6-10(12)4-5-11(9)15/h4-6,8,13,15H,7,12H2,1-3H3. The fraction of sp³-hybridized carbons (Fsp3) is 0.455. The molecule has 0 radical (unpaired) electrons. The van der Waals surface area contributed by atoms with Gasteiger partial charge in [0.15, 0.2) is 0 Å². The molecule has 6 nitrogen and oxygen atoms in total. The molecule has 0 atom stereocenters. The summed E-state index contributed by atoms with van der Waals surface area (Å²) < 4.78 is 27.3. The molecule has 4 N–H and O–H groups in total. The summed E-state index contributed by atoms with van der Waals surface area (Å²) >= 11 is 0. The van der Waals surface area contributed by atoms with Crippen LogP contribution in [0.4, 0.5) is 5.69 Å². The third-order valence-corrected chi connectivity index (χ3v) is 4.34. The van der Waals surface area contributed by atoms with Crippen molar-refractivity contribution in [3.63, 3.8) is 0 Å². The van der Waals surface area contributed by atoms with Crippen LogP contribution in [0, 0.1) is 0 Å². The molecule has 1 aromatic carbocycles. The monoisotopic (exact) mass is 273 g/mol. The summed E-state index contributed by atoms with van der Waals surface area (Å²) in [4.78, 5) is 0. The predicted molar refractivity (Wildman–Crippen MR) is 71.2 cm³/mol. The van der Waals surface area contributed by atoms with Crippen molar-refractivity contribution in [2.75, 3.05) is 12.8 Å². The second-order valence-electron chi connectivity index (χ2n) is 4.32. The molecule has 7 heteroatoms. The van der Waals surface area contributed by atoms with Crippen molar-refractivity contribution in [1.29, 1.82) is 0 Å². The van der Waals surface area contributed by atoms with Crippen LogP contribution >= 0.6 is 0 Å². The van der Waals surface area contributed by atoms with Crippen molar-refractivity contribution < 1.29 is 13.5 Å². The first kappa shape index (κ1) is 14.7. The molecular weight excluding hydrogens is 254 g/mol. The maximum absolute atomic E-state index is 11.8. The van der Waals surface area contributed by atoms with E-state index in [1.54, 1.807) is 19.9 Å². The van der Waals surface area contributed by atoms with Crippen molar-refractivity contribution >= 4 is 15.9 Å².